The van der Waals surface area contributed by atoms with E-state index in [1.807, 2.05) is 19.1 Å². The number of ether oxygens (including phenoxy) is 1. The van der Waals surface area contributed by atoms with Crippen molar-refractivity contribution in [3.63, 3.8) is 0 Å². The maximum Gasteiger partial charge on any atom is 0.407 e. The van der Waals surface area contributed by atoms with Gasteiger partial charge in [0.05, 0.1) is 6.04 Å². The van der Waals surface area contributed by atoms with E-state index in [1.54, 1.807) is 51.9 Å². The molecule has 0 aliphatic heterocycles. The third-order valence-electron chi connectivity index (χ3n) is 5.17. The Balaban J connectivity index is 2.07. The summed E-state index contributed by atoms with van der Waals surface area (Å²) in [6.07, 6.45) is 1.06. The minimum absolute atomic E-state index is 0.0131. The molecule has 1 aliphatic rings. The molecule has 3 amide bonds. The van der Waals surface area contributed by atoms with E-state index in [0.717, 1.165) is 5.56 Å². The molecule has 1 aromatic rings. The van der Waals surface area contributed by atoms with E-state index in [0.29, 0.717) is 24.9 Å². The summed E-state index contributed by atoms with van der Waals surface area (Å²) in [6.45, 7) is 7.32. The fraction of sp³-hybridized carbons (Fsp3) is 0.565. The summed E-state index contributed by atoms with van der Waals surface area (Å²) in [6, 6.07) is 6.69. The SMILES string of the molecule is Cc1ccc(NC(=O)C(=S)N[C@H]2CC[C@H](C(=O)N(C)C)C[C@H]2NC(=O)OC(C)(C)C)cc1. The third kappa shape index (κ3) is 7.78. The van der Waals surface area contributed by atoms with Gasteiger partial charge >= 0.3 is 6.09 Å². The highest BCUT2D eigenvalue weighted by atomic mass is 32.1. The number of anilines is 1. The maximum absolute atomic E-state index is 12.6. The van der Waals surface area contributed by atoms with Crippen LogP contribution in [0, 0.1) is 12.8 Å². The highest BCUT2D eigenvalue weighted by molar-refractivity contribution is 7.82. The molecule has 32 heavy (non-hydrogen) atoms. The third-order valence-corrected chi connectivity index (χ3v) is 5.48. The van der Waals surface area contributed by atoms with Gasteiger partial charge in [0.1, 0.15) is 5.60 Å². The molecule has 0 heterocycles. The van der Waals surface area contributed by atoms with Crippen molar-refractivity contribution in [3.8, 4) is 0 Å². The summed E-state index contributed by atoms with van der Waals surface area (Å²) >= 11 is 5.32. The van der Waals surface area contributed by atoms with Gasteiger partial charge < -0.3 is 25.6 Å². The number of thiocarbonyl (C=S) groups is 1. The number of aryl methyl sites for hydroxylation is 1. The predicted octanol–water partition coefficient (Wildman–Crippen LogP) is 3.00. The van der Waals surface area contributed by atoms with Crippen molar-refractivity contribution in [2.75, 3.05) is 19.4 Å². The van der Waals surface area contributed by atoms with E-state index in [9.17, 15) is 14.4 Å². The van der Waals surface area contributed by atoms with Crippen LogP contribution in [0.25, 0.3) is 0 Å². The van der Waals surface area contributed by atoms with Crippen LogP contribution in [0.15, 0.2) is 24.3 Å². The first-order valence-electron chi connectivity index (χ1n) is 10.7. The Morgan fingerprint density at radius 1 is 1.03 bits per heavy atom. The lowest BCUT2D eigenvalue weighted by Gasteiger charge is -2.37. The standard InChI is InChI=1S/C23H34N4O4S/c1-14-7-10-16(11-8-14)24-19(28)20(32)25-17-12-9-15(21(29)27(5)6)13-18(17)26-22(30)31-23(2,3)4/h7-8,10-11,15,17-18H,9,12-13H2,1-6H3,(H,24,28)(H,25,32)(H,26,30)/t15-,17-,18+/m0/s1. The molecule has 0 bridgehead atoms. The molecular formula is C23H34N4O4S. The van der Waals surface area contributed by atoms with Crippen LogP contribution in [0.5, 0.6) is 0 Å². The number of nitrogens with zero attached hydrogens (tertiary/aromatic N) is 1. The van der Waals surface area contributed by atoms with Crippen molar-refractivity contribution in [1.82, 2.24) is 15.5 Å². The van der Waals surface area contributed by atoms with Gasteiger partial charge in [-0.1, -0.05) is 29.9 Å². The minimum Gasteiger partial charge on any atom is -0.444 e. The zero-order valence-corrected chi connectivity index (χ0v) is 20.5. The molecule has 3 atom stereocenters. The van der Waals surface area contributed by atoms with Gasteiger partial charge in [0.2, 0.25) is 5.91 Å². The Hall–Kier alpha value is -2.68. The molecule has 9 heteroatoms. The lowest BCUT2D eigenvalue weighted by molar-refractivity contribution is -0.134. The number of rotatable bonds is 4. The zero-order valence-electron chi connectivity index (χ0n) is 19.7. The van der Waals surface area contributed by atoms with Gasteiger partial charge in [0, 0.05) is 31.7 Å². The number of hydrogen-bond donors (Lipinski definition) is 3. The molecule has 0 radical (unpaired) electrons. The van der Waals surface area contributed by atoms with Gasteiger partial charge in [0.15, 0.2) is 4.99 Å². The van der Waals surface area contributed by atoms with Gasteiger partial charge in [-0.3, -0.25) is 9.59 Å². The summed E-state index contributed by atoms with van der Waals surface area (Å²) in [4.78, 5) is 39.0. The second-order valence-corrected chi connectivity index (χ2v) is 9.80. The number of nitrogens with one attached hydrogen (secondary N) is 3. The molecule has 0 spiro atoms. The van der Waals surface area contributed by atoms with E-state index in [2.05, 4.69) is 16.0 Å². The summed E-state index contributed by atoms with van der Waals surface area (Å²) < 4.78 is 5.39. The number of carbonyl (C=O) groups is 3. The summed E-state index contributed by atoms with van der Waals surface area (Å²) in [5.74, 6) is -0.636. The molecule has 2 rings (SSSR count). The Bertz CT molecular complexity index is 849. The fourth-order valence-electron chi connectivity index (χ4n) is 3.61. The molecule has 8 nitrogen and oxygen atoms in total. The summed E-state index contributed by atoms with van der Waals surface area (Å²) in [7, 11) is 3.43. The molecule has 1 aromatic carbocycles. The molecule has 1 fully saturated rings. The fourth-order valence-corrected chi connectivity index (χ4v) is 3.81. The normalized spacial score (nSPS) is 20.6. The maximum atomic E-state index is 12.6. The number of hydrogen-bond acceptors (Lipinski definition) is 5. The van der Waals surface area contributed by atoms with Crippen LogP contribution in [0.1, 0.15) is 45.6 Å². The molecular weight excluding hydrogens is 428 g/mol. The Labute approximate surface area is 195 Å². The molecule has 1 saturated carbocycles. The first-order valence-corrected chi connectivity index (χ1v) is 11.2. The molecule has 0 saturated heterocycles. The van der Waals surface area contributed by atoms with Gasteiger partial charge in [0.25, 0.3) is 5.91 Å². The van der Waals surface area contributed by atoms with E-state index in [4.69, 9.17) is 17.0 Å². The minimum atomic E-state index is -0.649. The highest BCUT2D eigenvalue weighted by Gasteiger charge is 2.37. The lowest BCUT2D eigenvalue weighted by atomic mass is 9.81. The molecule has 1 aliphatic carbocycles. The van der Waals surface area contributed by atoms with Crippen LogP contribution in [0.4, 0.5) is 10.5 Å². The van der Waals surface area contributed by atoms with Gasteiger partial charge in [-0.25, -0.2) is 4.79 Å². The van der Waals surface area contributed by atoms with Crippen LogP contribution >= 0.6 is 12.2 Å². The topological polar surface area (TPSA) is 99.8 Å². The molecule has 0 aromatic heterocycles. The van der Waals surface area contributed by atoms with Gasteiger partial charge in [-0.15, -0.1) is 0 Å². The number of carbonyl (C=O) groups excluding carboxylic acids is 3. The van der Waals surface area contributed by atoms with Crippen molar-refractivity contribution >= 4 is 40.8 Å². The average Bonchev–Trinajstić information content (AvgIpc) is 2.68. The van der Waals surface area contributed by atoms with E-state index in [1.165, 1.54) is 0 Å². The average molecular weight is 463 g/mol. The van der Waals surface area contributed by atoms with Crippen molar-refractivity contribution in [2.24, 2.45) is 5.92 Å². The van der Waals surface area contributed by atoms with Crippen LogP contribution in [-0.2, 0) is 14.3 Å². The monoisotopic (exact) mass is 462 g/mol. The van der Waals surface area contributed by atoms with Crippen molar-refractivity contribution in [3.05, 3.63) is 29.8 Å². The number of benzene rings is 1. The van der Waals surface area contributed by atoms with E-state index in [-0.39, 0.29) is 22.9 Å². The lowest BCUT2D eigenvalue weighted by Crippen LogP contribution is -2.57. The first-order chi connectivity index (χ1) is 14.9. The zero-order chi connectivity index (χ0) is 24.1. The predicted molar refractivity (Wildman–Crippen MR) is 129 cm³/mol. The second kappa shape index (κ2) is 10.8. The van der Waals surface area contributed by atoms with E-state index < -0.39 is 23.6 Å². The van der Waals surface area contributed by atoms with Gasteiger partial charge in [-0.2, -0.15) is 0 Å². The highest BCUT2D eigenvalue weighted by Crippen LogP contribution is 2.27. The Morgan fingerprint density at radius 2 is 1.66 bits per heavy atom. The van der Waals surface area contributed by atoms with Crippen molar-refractivity contribution in [2.45, 2.75) is 64.6 Å². The summed E-state index contributed by atoms with van der Waals surface area (Å²) in [5, 5.41) is 8.72. The molecule has 0 unspecified atom stereocenters. The number of amides is 3. The molecule has 3 N–H and O–H groups in total. The Kier molecular flexibility index (Phi) is 8.60. The van der Waals surface area contributed by atoms with Gasteiger partial charge in [-0.05, 0) is 59.1 Å². The largest absolute Gasteiger partial charge is 0.444 e. The quantitative estimate of drug-likeness (QED) is 0.595. The first kappa shape index (κ1) is 25.6. The van der Waals surface area contributed by atoms with E-state index >= 15 is 0 Å². The van der Waals surface area contributed by atoms with Crippen LogP contribution in [-0.4, -0.2) is 59.6 Å². The van der Waals surface area contributed by atoms with Crippen LogP contribution in [0.2, 0.25) is 0 Å². The smallest absolute Gasteiger partial charge is 0.407 e. The number of alkyl carbamates (subject to hydrolysis) is 1. The second-order valence-electron chi connectivity index (χ2n) is 9.40. The van der Waals surface area contributed by atoms with Crippen LogP contribution < -0.4 is 16.0 Å². The van der Waals surface area contributed by atoms with Crippen molar-refractivity contribution in [1.29, 1.82) is 0 Å². The Morgan fingerprint density at radius 3 is 2.22 bits per heavy atom. The molecule has 176 valence electrons. The summed E-state index contributed by atoms with van der Waals surface area (Å²) in [5.41, 5.74) is 1.08. The van der Waals surface area contributed by atoms with Crippen LogP contribution in [0.3, 0.4) is 0 Å². The van der Waals surface area contributed by atoms with Crippen molar-refractivity contribution < 1.29 is 19.1 Å².